The zero-order chi connectivity index (χ0) is 12.8. The van der Waals surface area contributed by atoms with Crippen molar-refractivity contribution in [2.24, 2.45) is 0 Å². The molecule has 1 aromatic heterocycles. The van der Waals surface area contributed by atoms with Gasteiger partial charge < -0.3 is 15.0 Å². The van der Waals surface area contributed by atoms with Crippen molar-refractivity contribution in [3.8, 4) is 5.75 Å². The molecule has 96 valence electrons. The van der Waals surface area contributed by atoms with E-state index in [9.17, 15) is 0 Å². The highest BCUT2D eigenvalue weighted by Gasteiger charge is 2.05. The molecule has 17 heavy (non-hydrogen) atoms. The highest BCUT2D eigenvalue weighted by atomic mass is 16.5. The number of ether oxygens (including phenoxy) is 1. The van der Waals surface area contributed by atoms with Gasteiger partial charge in [-0.1, -0.05) is 0 Å². The van der Waals surface area contributed by atoms with Gasteiger partial charge in [0.05, 0.1) is 12.8 Å². The van der Waals surface area contributed by atoms with E-state index in [2.05, 4.69) is 36.2 Å². The van der Waals surface area contributed by atoms with E-state index in [0.29, 0.717) is 6.04 Å². The number of aromatic nitrogens is 1. The molecule has 0 fully saturated rings. The SMILES string of the molecule is COc1cc(C)nc(CNC(C)CN(C)C)c1. The first kappa shape index (κ1) is 13.9. The van der Waals surface area contributed by atoms with Crippen molar-refractivity contribution < 1.29 is 4.74 Å². The van der Waals surface area contributed by atoms with Crippen LogP contribution in [0.25, 0.3) is 0 Å². The smallest absolute Gasteiger partial charge is 0.122 e. The van der Waals surface area contributed by atoms with Crippen LogP contribution in [0.4, 0.5) is 0 Å². The molecule has 0 amide bonds. The van der Waals surface area contributed by atoms with Gasteiger partial charge in [-0.15, -0.1) is 0 Å². The summed E-state index contributed by atoms with van der Waals surface area (Å²) in [5.74, 6) is 0.870. The minimum absolute atomic E-state index is 0.443. The van der Waals surface area contributed by atoms with E-state index in [0.717, 1.165) is 30.2 Å². The molecule has 0 saturated carbocycles. The van der Waals surface area contributed by atoms with Gasteiger partial charge >= 0.3 is 0 Å². The Morgan fingerprint density at radius 3 is 2.71 bits per heavy atom. The lowest BCUT2D eigenvalue weighted by molar-refractivity contribution is 0.348. The van der Waals surface area contributed by atoms with Crippen LogP contribution in [0.2, 0.25) is 0 Å². The van der Waals surface area contributed by atoms with Crippen molar-refractivity contribution in [2.45, 2.75) is 26.4 Å². The average Bonchev–Trinajstić information content (AvgIpc) is 2.24. The number of hydrogen-bond donors (Lipinski definition) is 1. The summed E-state index contributed by atoms with van der Waals surface area (Å²) in [5.41, 5.74) is 2.01. The number of likely N-dealkylation sites (N-methyl/N-ethyl adjacent to an activating group) is 1. The van der Waals surface area contributed by atoms with Crippen LogP contribution >= 0.6 is 0 Å². The molecule has 0 bridgehead atoms. The quantitative estimate of drug-likeness (QED) is 0.812. The van der Waals surface area contributed by atoms with Gasteiger partial charge in [0.1, 0.15) is 5.75 Å². The van der Waals surface area contributed by atoms with Crippen LogP contribution < -0.4 is 10.1 Å². The number of aryl methyl sites for hydroxylation is 1. The number of hydrogen-bond acceptors (Lipinski definition) is 4. The van der Waals surface area contributed by atoms with Crippen molar-refractivity contribution in [3.63, 3.8) is 0 Å². The molecule has 1 aromatic rings. The molecule has 4 nitrogen and oxygen atoms in total. The maximum absolute atomic E-state index is 5.23. The Kier molecular flexibility index (Phi) is 5.38. The minimum Gasteiger partial charge on any atom is -0.497 e. The molecule has 1 atom stereocenters. The van der Waals surface area contributed by atoms with Gasteiger partial charge in [0.25, 0.3) is 0 Å². The number of nitrogens with one attached hydrogen (secondary N) is 1. The van der Waals surface area contributed by atoms with Crippen molar-refractivity contribution in [1.82, 2.24) is 15.2 Å². The topological polar surface area (TPSA) is 37.4 Å². The van der Waals surface area contributed by atoms with Crippen LogP contribution in [0, 0.1) is 6.92 Å². The van der Waals surface area contributed by atoms with Gasteiger partial charge in [-0.25, -0.2) is 0 Å². The summed E-state index contributed by atoms with van der Waals surface area (Å²) < 4.78 is 5.23. The van der Waals surface area contributed by atoms with Crippen molar-refractivity contribution in [2.75, 3.05) is 27.7 Å². The lowest BCUT2D eigenvalue weighted by Crippen LogP contribution is -2.35. The summed E-state index contributed by atoms with van der Waals surface area (Å²) in [4.78, 5) is 6.65. The molecular weight excluding hydrogens is 214 g/mol. The largest absolute Gasteiger partial charge is 0.497 e. The van der Waals surface area contributed by atoms with Crippen LogP contribution in [0.15, 0.2) is 12.1 Å². The Hall–Kier alpha value is -1.13. The molecule has 0 aliphatic rings. The Balaban J connectivity index is 2.54. The zero-order valence-corrected chi connectivity index (χ0v) is 11.4. The molecule has 0 aromatic carbocycles. The Morgan fingerprint density at radius 2 is 2.12 bits per heavy atom. The van der Waals surface area contributed by atoms with Crippen LogP contribution in [-0.2, 0) is 6.54 Å². The predicted octanol–water partition coefficient (Wildman–Crippen LogP) is 1.44. The van der Waals surface area contributed by atoms with Crippen molar-refractivity contribution >= 4 is 0 Å². The Morgan fingerprint density at radius 1 is 1.41 bits per heavy atom. The van der Waals surface area contributed by atoms with E-state index in [1.165, 1.54) is 0 Å². The Bertz CT molecular complexity index is 353. The van der Waals surface area contributed by atoms with E-state index in [4.69, 9.17) is 4.74 Å². The molecule has 0 spiro atoms. The number of pyridine rings is 1. The van der Waals surface area contributed by atoms with Crippen molar-refractivity contribution in [1.29, 1.82) is 0 Å². The third-order valence-corrected chi connectivity index (χ3v) is 2.49. The van der Waals surface area contributed by atoms with E-state index in [1.807, 2.05) is 19.1 Å². The van der Waals surface area contributed by atoms with Gasteiger partial charge in [-0.3, -0.25) is 4.98 Å². The van der Waals surface area contributed by atoms with Gasteiger partial charge in [0.15, 0.2) is 0 Å². The standard InChI is InChI=1S/C13H23N3O/c1-10-6-13(17-5)7-12(15-10)8-14-11(2)9-16(3)4/h6-7,11,14H,8-9H2,1-5H3. The normalized spacial score (nSPS) is 12.8. The average molecular weight is 237 g/mol. The zero-order valence-electron chi connectivity index (χ0n) is 11.4. The number of nitrogens with zero attached hydrogens (tertiary/aromatic N) is 2. The summed E-state index contributed by atoms with van der Waals surface area (Å²) in [6, 6.07) is 4.35. The van der Waals surface area contributed by atoms with Crippen LogP contribution in [-0.4, -0.2) is 43.7 Å². The van der Waals surface area contributed by atoms with E-state index in [-0.39, 0.29) is 0 Å². The molecule has 1 unspecified atom stereocenters. The highest BCUT2D eigenvalue weighted by Crippen LogP contribution is 2.13. The van der Waals surface area contributed by atoms with E-state index < -0.39 is 0 Å². The molecule has 0 radical (unpaired) electrons. The minimum atomic E-state index is 0.443. The van der Waals surface area contributed by atoms with Crippen molar-refractivity contribution in [3.05, 3.63) is 23.5 Å². The summed E-state index contributed by atoms with van der Waals surface area (Å²) in [6.45, 7) is 5.94. The second-order valence-corrected chi connectivity index (χ2v) is 4.68. The monoisotopic (exact) mass is 237 g/mol. The van der Waals surface area contributed by atoms with Crippen LogP contribution in [0.3, 0.4) is 0 Å². The van der Waals surface area contributed by atoms with Crippen LogP contribution in [0.5, 0.6) is 5.75 Å². The van der Waals surface area contributed by atoms with E-state index in [1.54, 1.807) is 7.11 Å². The molecule has 1 heterocycles. The fourth-order valence-corrected chi connectivity index (χ4v) is 1.80. The fraction of sp³-hybridized carbons (Fsp3) is 0.615. The number of methoxy groups -OCH3 is 1. The second kappa shape index (κ2) is 6.57. The first-order chi connectivity index (χ1) is 8.01. The van der Waals surface area contributed by atoms with Gasteiger partial charge in [0.2, 0.25) is 0 Å². The van der Waals surface area contributed by atoms with Gasteiger partial charge in [0, 0.05) is 37.0 Å². The lowest BCUT2D eigenvalue weighted by atomic mass is 10.2. The maximum Gasteiger partial charge on any atom is 0.122 e. The summed E-state index contributed by atoms with van der Waals surface area (Å²) in [6.07, 6.45) is 0. The lowest BCUT2D eigenvalue weighted by Gasteiger charge is -2.18. The van der Waals surface area contributed by atoms with Crippen LogP contribution in [0.1, 0.15) is 18.3 Å². The molecule has 0 saturated heterocycles. The highest BCUT2D eigenvalue weighted by molar-refractivity contribution is 5.26. The maximum atomic E-state index is 5.23. The summed E-state index contributed by atoms with van der Waals surface area (Å²) in [5, 5.41) is 3.45. The first-order valence-electron chi connectivity index (χ1n) is 5.91. The Labute approximate surface area is 104 Å². The third-order valence-electron chi connectivity index (χ3n) is 2.49. The van der Waals surface area contributed by atoms with E-state index >= 15 is 0 Å². The fourth-order valence-electron chi connectivity index (χ4n) is 1.80. The molecule has 1 rings (SSSR count). The molecule has 1 N–H and O–H groups in total. The van der Waals surface area contributed by atoms with Gasteiger partial charge in [-0.2, -0.15) is 0 Å². The molecule has 0 aliphatic carbocycles. The van der Waals surface area contributed by atoms with Gasteiger partial charge in [-0.05, 0) is 27.9 Å². The molecule has 4 heteroatoms. The molecule has 0 aliphatic heterocycles. The molecular formula is C13H23N3O. The second-order valence-electron chi connectivity index (χ2n) is 4.68. The third kappa shape index (κ3) is 5.15. The summed E-state index contributed by atoms with van der Waals surface area (Å²) >= 11 is 0. The summed E-state index contributed by atoms with van der Waals surface area (Å²) in [7, 11) is 5.83. The first-order valence-corrected chi connectivity index (χ1v) is 5.91. The predicted molar refractivity (Wildman–Crippen MR) is 70.4 cm³/mol. The number of rotatable bonds is 6.